The minimum absolute atomic E-state index is 0.172. The summed E-state index contributed by atoms with van der Waals surface area (Å²) in [6.07, 6.45) is 6.03. The van der Waals surface area contributed by atoms with Gasteiger partial charge in [-0.15, -0.1) is 11.3 Å². The molecule has 2 aromatic rings. The summed E-state index contributed by atoms with van der Waals surface area (Å²) < 4.78 is 0. The van der Waals surface area contributed by atoms with Gasteiger partial charge in [-0.2, -0.15) is 0 Å². The van der Waals surface area contributed by atoms with Gasteiger partial charge < -0.3 is 20.9 Å². The summed E-state index contributed by atoms with van der Waals surface area (Å²) in [6, 6.07) is 8.37. The van der Waals surface area contributed by atoms with Gasteiger partial charge in [-0.25, -0.2) is 4.79 Å². The van der Waals surface area contributed by atoms with Gasteiger partial charge in [0.2, 0.25) is 5.91 Å². The number of carbonyl (C=O) groups excluding carboxylic acids is 3. The number of hydrogen-bond donors (Lipinski definition) is 3. The predicted molar refractivity (Wildman–Crippen MR) is 120 cm³/mol. The topological polar surface area (TPSA) is 90.5 Å². The molecule has 2 fully saturated rings. The van der Waals surface area contributed by atoms with Gasteiger partial charge in [-0.1, -0.05) is 31.4 Å². The lowest BCUT2D eigenvalue weighted by Gasteiger charge is -2.27. The second-order valence-electron chi connectivity index (χ2n) is 8.52. The number of carbonyl (C=O) groups is 3. The van der Waals surface area contributed by atoms with Crippen molar-refractivity contribution in [1.82, 2.24) is 15.5 Å². The van der Waals surface area contributed by atoms with Crippen LogP contribution in [0.25, 0.3) is 10.4 Å². The minimum Gasteiger partial charge on any atom is -0.335 e. The van der Waals surface area contributed by atoms with Gasteiger partial charge in [0.15, 0.2) is 0 Å². The molecule has 7 nitrogen and oxygen atoms in total. The number of anilines is 1. The Hall–Kier alpha value is -2.87. The van der Waals surface area contributed by atoms with Crippen molar-refractivity contribution < 1.29 is 14.4 Å². The molecule has 3 heterocycles. The van der Waals surface area contributed by atoms with Crippen LogP contribution in [0.15, 0.2) is 35.7 Å². The first-order valence-electron chi connectivity index (χ1n) is 11.0. The number of hydrogen-bond acceptors (Lipinski definition) is 4. The van der Waals surface area contributed by atoms with Crippen molar-refractivity contribution in [1.29, 1.82) is 0 Å². The molecule has 0 spiro atoms. The Morgan fingerprint density at radius 3 is 2.68 bits per heavy atom. The third-order valence-electron chi connectivity index (χ3n) is 6.50. The summed E-state index contributed by atoms with van der Waals surface area (Å²) in [7, 11) is 0. The average molecular weight is 439 g/mol. The zero-order chi connectivity index (χ0) is 21.4. The maximum absolute atomic E-state index is 13.3. The molecule has 2 aliphatic heterocycles. The van der Waals surface area contributed by atoms with Crippen LogP contribution in [0.3, 0.4) is 0 Å². The molecule has 1 aliphatic carbocycles. The molecule has 2 atom stereocenters. The van der Waals surface area contributed by atoms with E-state index in [2.05, 4.69) is 16.0 Å². The highest BCUT2D eigenvalue weighted by atomic mass is 32.1. The quantitative estimate of drug-likeness (QED) is 0.684. The van der Waals surface area contributed by atoms with E-state index in [0.29, 0.717) is 24.2 Å². The lowest BCUT2D eigenvalue weighted by molar-refractivity contribution is -0.120. The highest BCUT2D eigenvalue weighted by molar-refractivity contribution is 7.13. The van der Waals surface area contributed by atoms with Gasteiger partial charge in [0, 0.05) is 17.5 Å². The van der Waals surface area contributed by atoms with E-state index in [1.807, 2.05) is 29.6 Å². The molecule has 3 N–H and O–H groups in total. The van der Waals surface area contributed by atoms with Crippen molar-refractivity contribution >= 4 is 34.9 Å². The van der Waals surface area contributed by atoms with Crippen LogP contribution in [0.4, 0.5) is 10.5 Å². The number of urea groups is 1. The molecule has 8 heteroatoms. The van der Waals surface area contributed by atoms with E-state index in [0.717, 1.165) is 36.1 Å². The molecule has 1 saturated carbocycles. The fraction of sp³-hybridized carbons (Fsp3) is 0.435. The Morgan fingerprint density at radius 2 is 1.90 bits per heavy atom. The summed E-state index contributed by atoms with van der Waals surface area (Å²) >= 11 is 1.61. The standard InChI is InChI=1S/C23H26N4O3S/c28-21-20-18(26-23(30)24-15-5-2-1-3-6-15)10-11-27(20)22(29)16-13-14(8-9-17(16)25-21)19-7-4-12-31-19/h4,7-9,12-13,15,18,20H,1-3,5-6,10-11H2,(H,25,28)(H2,24,26,30). The van der Waals surface area contributed by atoms with Gasteiger partial charge in [0.1, 0.15) is 6.04 Å². The smallest absolute Gasteiger partial charge is 0.315 e. The summed E-state index contributed by atoms with van der Waals surface area (Å²) in [5.74, 6) is -0.426. The normalized spacial score (nSPS) is 23.5. The number of fused-ring (bicyclic) bond motifs is 2. The van der Waals surface area contributed by atoms with E-state index in [1.54, 1.807) is 22.3 Å². The fourth-order valence-electron chi connectivity index (χ4n) is 4.93. The van der Waals surface area contributed by atoms with Crippen LogP contribution in [0.2, 0.25) is 0 Å². The van der Waals surface area contributed by atoms with Gasteiger partial charge >= 0.3 is 6.03 Å². The third-order valence-corrected chi connectivity index (χ3v) is 7.42. The predicted octanol–water partition coefficient (Wildman–Crippen LogP) is 3.58. The highest BCUT2D eigenvalue weighted by Crippen LogP contribution is 2.33. The molecule has 4 amide bonds. The average Bonchev–Trinajstić information content (AvgIpc) is 3.42. The van der Waals surface area contributed by atoms with Gasteiger partial charge in [-0.3, -0.25) is 9.59 Å². The van der Waals surface area contributed by atoms with Crippen LogP contribution in [0, 0.1) is 0 Å². The van der Waals surface area contributed by atoms with Crippen LogP contribution >= 0.6 is 11.3 Å². The molecular weight excluding hydrogens is 412 g/mol. The van der Waals surface area contributed by atoms with E-state index in [9.17, 15) is 14.4 Å². The SMILES string of the molecule is O=C(NC1CCCCC1)NC1CCN2C(=O)c3cc(-c4cccs4)ccc3NC(=O)C12. The van der Waals surface area contributed by atoms with Gasteiger partial charge in [0.05, 0.1) is 17.3 Å². The second-order valence-corrected chi connectivity index (χ2v) is 9.47. The van der Waals surface area contributed by atoms with Crippen molar-refractivity contribution in [2.75, 3.05) is 11.9 Å². The van der Waals surface area contributed by atoms with Crippen LogP contribution in [0.5, 0.6) is 0 Å². The zero-order valence-corrected chi connectivity index (χ0v) is 18.0. The molecule has 0 radical (unpaired) electrons. The molecule has 31 heavy (non-hydrogen) atoms. The molecule has 0 bridgehead atoms. The Labute approximate surface area is 185 Å². The van der Waals surface area contributed by atoms with E-state index >= 15 is 0 Å². The minimum atomic E-state index is -0.706. The number of nitrogens with zero attached hydrogens (tertiary/aromatic N) is 1. The lowest BCUT2D eigenvalue weighted by atomic mass is 9.96. The van der Waals surface area contributed by atoms with E-state index < -0.39 is 12.1 Å². The van der Waals surface area contributed by atoms with E-state index in [1.165, 1.54) is 6.42 Å². The van der Waals surface area contributed by atoms with Crippen LogP contribution in [-0.4, -0.2) is 47.4 Å². The number of benzene rings is 1. The maximum Gasteiger partial charge on any atom is 0.315 e. The van der Waals surface area contributed by atoms with Crippen molar-refractivity contribution in [3.05, 3.63) is 41.3 Å². The fourth-order valence-corrected chi connectivity index (χ4v) is 5.65. The van der Waals surface area contributed by atoms with Crippen LogP contribution in [-0.2, 0) is 4.79 Å². The number of rotatable bonds is 3. The van der Waals surface area contributed by atoms with E-state index in [4.69, 9.17) is 0 Å². The van der Waals surface area contributed by atoms with Crippen molar-refractivity contribution in [3.8, 4) is 10.4 Å². The summed E-state index contributed by atoms with van der Waals surface area (Å²) in [6.45, 7) is 0.438. The van der Waals surface area contributed by atoms with Crippen LogP contribution < -0.4 is 16.0 Å². The van der Waals surface area contributed by atoms with E-state index in [-0.39, 0.29) is 23.9 Å². The Kier molecular flexibility index (Phi) is 5.40. The number of nitrogens with one attached hydrogen (secondary N) is 3. The van der Waals surface area contributed by atoms with Crippen LogP contribution in [0.1, 0.15) is 48.9 Å². The number of amides is 4. The lowest BCUT2D eigenvalue weighted by Crippen LogP contribution is -2.54. The molecule has 1 saturated heterocycles. The van der Waals surface area contributed by atoms with Gasteiger partial charge in [0.25, 0.3) is 5.91 Å². The summed E-state index contributed by atoms with van der Waals surface area (Å²) in [4.78, 5) is 41.6. The Bertz CT molecular complexity index is 1000. The number of thiophene rings is 1. The van der Waals surface area contributed by atoms with Crippen molar-refractivity contribution in [3.63, 3.8) is 0 Å². The Morgan fingerprint density at radius 1 is 1.06 bits per heavy atom. The third kappa shape index (κ3) is 3.92. The first-order valence-corrected chi connectivity index (χ1v) is 11.8. The maximum atomic E-state index is 13.3. The molecule has 3 aliphatic rings. The summed E-state index contributed by atoms with van der Waals surface area (Å²) in [5, 5.41) is 10.9. The summed E-state index contributed by atoms with van der Waals surface area (Å²) in [5.41, 5.74) is 1.97. The molecular formula is C23H26N4O3S. The molecule has 1 aromatic carbocycles. The molecule has 2 unspecified atom stereocenters. The molecule has 1 aromatic heterocycles. The zero-order valence-electron chi connectivity index (χ0n) is 17.2. The van der Waals surface area contributed by atoms with Gasteiger partial charge in [-0.05, 0) is 48.4 Å². The molecule has 5 rings (SSSR count). The van der Waals surface area contributed by atoms with Crippen molar-refractivity contribution in [2.24, 2.45) is 0 Å². The molecule has 162 valence electrons. The van der Waals surface area contributed by atoms with Crippen molar-refractivity contribution in [2.45, 2.75) is 56.7 Å². The Balaban J connectivity index is 1.33. The monoisotopic (exact) mass is 438 g/mol. The highest BCUT2D eigenvalue weighted by Gasteiger charge is 2.45. The largest absolute Gasteiger partial charge is 0.335 e. The first kappa shape index (κ1) is 20.1. The second kappa shape index (κ2) is 8.34. The first-order chi connectivity index (χ1) is 15.1.